The Kier molecular flexibility index (Phi) is 5.02. The van der Waals surface area contributed by atoms with Crippen molar-refractivity contribution < 1.29 is 0 Å². The van der Waals surface area contributed by atoms with Gasteiger partial charge in [-0.3, -0.25) is 4.98 Å². The smallest absolute Gasteiger partial charge is 0.0705 e. The van der Waals surface area contributed by atoms with Crippen molar-refractivity contribution >= 4 is 22.7 Å². The van der Waals surface area contributed by atoms with Gasteiger partial charge < -0.3 is 5.32 Å². The monoisotopic (exact) mass is 260 g/mol. The number of benzene rings is 1. The van der Waals surface area contributed by atoms with Gasteiger partial charge in [-0.05, 0) is 36.9 Å². The number of aromatic nitrogens is 1. The van der Waals surface area contributed by atoms with Gasteiger partial charge in [0, 0.05) is 23.4 Å². The summed E-state index contributed by atoms with van der Waals surface area (Å²) in [6.07, 6.45) is 5.17. The molecule has 0 spiro atoms. The molecule has 0 amide bonds. The Morgan fingerprint density at radius 2 is 2.17 bits per heavy atom. The van der Waals surface area contributed by atoms with Crippen LogP contribution in [-0.4, -0.2) is 23.5 Å². The second-order valence-corrected chi connectivity index (χ2v) is 5.29. The average molecular weight is 260 g/mol. The quantitative estimate of drug-likeness (QED) is 0.858. The summed E-state index contributed by atoms with van der Waals surface area (Å²) in [6, 6.07) is 11.0. The van der Waals surface area contributed by atoms with E-state index in [1.807, 2.05) is 24.0 Å². The summed E-state index contributed by atoms with van der Waals surface area (Å²) in [5.74, 6) is 1.09. The predicted molar refractivity (Wildman–Crippen MR) is 81.2 cm³/mol. The maximum Gasteiger partial charge on any atom is 0.0705 e. The number of rotatable bonds is 6. The van der Waals surface area contributed by atoms with Crippen molar-refractivity contribution in [3.8, 4) is 0 Å². The normalized spacial score (nSPS) is 12.8. The van der Waals surface area contributed by atoms with E-state index in [0.717, 1.165) is 24.2 Å². The predicted octanol–water partition coefficient (Wildman–Crippen LogP) is 3.64. The van der Waals surface area contributed by atoms with Crippen LogP contribution in [0.1, 0.15) is 24.9 Å². The Balaban J connectivity index is 2.36. The number of thioether (sulfide) groups is 1. The molecule has 1 aromatic carbocycles. The molecule has 0 aliphatic carbocycles. The van der Waals surface area contributed by atoms with Gasteiger partial charge in [0.2, 0.25) is 0 Å². The molecule has 0 saturated heterocycles. The first-order valence-corrected chi connectivity index (χ1v) is 7.82. The fourth-order valence-electron chi connectivity index (χ4n) is 2.17. The molecule has 1 heterocycles. The Hall–Kier alpha value is -1.06. The standard InChI is InChI=1S/C15H20N2S/c1-3-9-16-15(11-18-2)13-6-4-8-14-12(13)7-5-10-17-14/h4-8,10,15-16H,3,9,11H2,1-2H3. The van der Waals surface area contributed by atoms with Crippen LogP contribution in [0.3, 0.4) is 0 Å². The maximum atomic E-state index is 4.43. The van der Waals surface area contributed by atoms with Gasteiger partial charge in [-0.15, -0.1) is 0 Å². The fraction of sp³-hybridized carbons (Fsp3) is 0.400. The van der Waals surface area contributed by atoms with Crippen LogP contribution in [0.2, 0.25) is 0 Å². The first-order valence-electron chi connectivity index (χ1n) is 6.42. The summed E-state index contributed by atoms with van der Waals surface area (Å²) in [5, 5.41) is 4.90. The van der Waals surface area contributed by atoms with E-state index >= 15 is 0 Å². The summed E-state index contributed by atoms with van der Waals surface area (Å²) in [5.41, 5.74) is 2.45. The zero-order chi connectivity index (χ0) is 12.8. The van der Waals surface area contributed by atoms with Crippen molar-refractivity contribution in [2.45, 2.75) is 19.4 Å². The molecule has 3 heteroatoms. The summed E-state index contributed by atoms with van der Waals surface area (Å²) < 4.78 is 0. The highest BCUT2D eigenvalue weighted by Gasteiger charge is 2.12. The molecule has 0 saturated carbocycles. The van der Waals surface area contributed by atoms with E-state index in [1.165, 1.54) is 10.9 Å². The Labute approximate surface area is 113 Å². The second kappa shape index (κ2) is 6.76. The van der Waals surface area contributed by atoms with E-state index in [2.05, 4.69) is 47.7 Å². The molecule has 1 atom stereocenters. The van der Waals surface area contributed by atoms with Crippen LogP contribution in [0.15, 0.2) is 36.5 Å². The van der Waals surface area contributed by atoms with E-state index in [0.29, 0.717) is 6.04 Å². The Morgan fingerprint density at radius 3 is 2.94 bits per heavy atom. The maximum absolute atomic E-state index is 4.43. The van der Waals surface area contributed by atoms with Crippen molar-refractivity contribution in [3.05, 3.63) is 42.1 Å². The number of hydrogen-bond acceptors (Lipinski definition) is 3. The highest BCUT2D eigenvalue weighted by Crippen LogP contribution is 2.25. The minimum atomic E-state index is 0.410. The fourth-order valence-corrected chi connectivity index (χ4v) is 2.81. The van der Waals surface area contributed by atoms with Gasteiger partial charge in [-0.25, -0.2) is 0 Å². The topological polar surface area (TPSA) is 24.9 Å². The van der Waals surface area contributed by atoms with Gasteiger partial charge in [0.25, 0.3) is 0 Å². The lowest BCUT2D eigenvalue weighted by molar-refractivity contribution is 0.581. The Morgan fingerprint density at radius 1 is 1.28 bits per heavy atom. The highest BCUT2D eigenvalue weighted by atomic mass is 32.2. The molecular formula is C15H20N2S. The lowest BCUT2D eigenvalue weighted by atomic mass is 10.0. The van der Waals surface area contributed by atoms with Gasteiger partial charge in [0.15, 0.2) is 0 Å². The lowest BCUT2D eigenvalue weighted by Gasteiger charge is -2.19. The van der Waals surface area contributed by atoms with Gasteiger partial charge >= 0.3 is 0 Å². The van der Waals surface area contributed by atoms with Crippen molar-refractivity contribution in [3.63, 3.8) is 0 Å². The van der Waals surface area contributed by atoms with Crippen LogP contribution in [0, 0.1) is 0 Å². The molecule has 0 fully saturated rings. The molecule has 0 bridgehead atoms. The van der Waals surface area contributed by atoms with E-state index in [-0.39, 0.29) is 0 Å². The number of fused-ring (bicyclic) bond motifs is 1. The molecule has 0 aliphatic heterocycles. The summed E-state index contributed by atoms with van der Waals surface area (Å²) in [7, 11) is 0. The molecule has 2 aromatic rings. The van der Waals surface area contributed by atoms with Gasteiger partial charge in [0.05, 0.1) is 5.52 Å². The molecule has 1 unspecified atom stereocenters. The molecule has 18 heavy (non-hydrogen) atoms. The molecule has 1 N–H and O–H groups in total. The molecule has 96 valence electrons. The SMILES string of the molecule is CCCNC(CSC)c1cccc2ncccc12. The van der Waals surface area contributed by atoms with Gasteiger partial charge in [0.1, 0.15) is 0 Å². The number of nitrogens with one attached hydrogen (secondary N) is 1. The number of nitrogens with zero attached hydrogens (tertiary/aromatic N) is 1. The van der Waals surface area contributed by atoms with Crippen molar-refractivity contribution in [1.29, 1.82) is 0 Å². The van der Waals surface area contributed by atoms with Gasteiger partial charge in [-0.2, -0.15) is 11.8 Å². The van der Waals surface area contributed by atoms with Crippen molar-refractivity contribution in [1.82, 2.24) is 10.3 Å². The third-order valence-corrected chi connectivity index (χ3v) is 3.70. The average Bonchev–Trinajstić information content (AvgIpc) is 2.43. The molecular weight excluding hydrogens is 240 g/mol. The van der Waals surface area contributed by atoms with E-state index in [9.17, 15) is 0 Å². The number of hydrogen-bond donors (Lipinski definition) is 1. The second-order valence-electron chi connectivity index (χ2n) is 4.38. The van der Waals surface area contributed by atoms with Crippen LogP contribution in [0.25, 0.3) is 10.9 Å². The van der Waals surface area contributed by atoms with E-state index < -0.39 is 0 Å². The van der Waals surface area contributed by atoms with Crippen LogP contribution >= 0.6 is 11.8 Å². The first-order chi connectivity index (χ1) is 8.86. The zero-order valence-corrected chi connectivity index (χ0v) is 11.8. The number of pyridine rings is 1. The third kappa shape index (κ3) is 3.03. The van der Waals surface area contributed by atoms with Crippen LogP contribution in [0.5, 0.6) is 0 Å². The Bertz CT molecular complexity index is 493. The lowest BCUT2D eigenvalue weighted by Crippen LogP contribution is -2.24. The molecule has 1 aromatic heterocycles. The van der Waals surface area contributed by atoms with Crippen LogP contribution in [0.4, 0.5) is 0 Å². The third-order valence-electron chi connectivity index (χ3n) is 3.03. The zero-order valence-electron chi connectivity index (χ0n) is 11.0. The van der Waals surface area contributed by atoms with Crippen molar-refractivity contribution in [2.24, 2.45) is 0 Å². The largest absolute Gasteiger partial charge is 0.309 e. The minimum absolute atomic E-state index is 0.410. The summed E-state index contributed by atoms with van der Waals surface area (Å²) >= 11 is 1.88. The minimum Gasteiger partial charge on any atom is -0.309 e. The molecule has 2 rings (SSSR count). The van der Waals surface area contributed by atoms with Gasteiger partial charge in [-0.1, -0.05) is 25.1 Å². The van der Waals surface area contributed by atoms with Crippen LogP contribution in [-0.2, 0) is 0 Å². The highest BCUT2D eigenvalue weighted by molar-refractivity contribution is 7.98. The molecule has 0 aliphatic rings. The van der Waals surface area contributed by atoms with Crippen molar-refractivity contribution in [2.75, 3.05) is 18.6 Å². The first kappa shape index (κ1) is 13.4. The summed E-state index contributed by atoms with van der Waals surface area (Å²) in [6.45, 7) is 3.26. The summed E-state index contributed by atoms with van der Waals surface area (Å²) in [4.78, 5) is 4.43. The van der Waals surface area contributed by atoms with Crippen LogP contribution < -0.4 is 5.32 Å². The van der Waals surface area contributed by atoms with E-state index in [1.54, 1.807) is 0 Å². The molecule has 2 nitrogen and oxygen atoms in total. The van der Waals surface area contributed by atoms with E-state index in [4.69, 9.17) is 0 Å². The molecule has 0 radical (unpaired) electrons.